The Kier molecular flexibility index (Phi) is 3.53. The van der Waals surface area contributed by atoms with Gasteiger partial charge in [-0.1, -0.05) is 30.3 Å². The standard InChI is InChI=1S/C20H21NO/c1-13-11-16(12-14(2)20(13)22)19-17-8-6-5-7-15(17)9-10-18(19)21(3)4/h5-12,22H,1-4H3. The average molecular weight is 291 g/mol. The lowest BCUT2D eigenvalue weighted by molar-refractivity contribution is 0.467. The number of phenolic OH excluding ortho intramolecular Hbond substituents is 1. The van der Waals surface area contributed by atoms with Crippen LogP contribution in [0.25, 0.3) is 21.9 Å². The molecular weight excluding hydrogens is 270 g/mol. The lowest BCUT2D eigenvalue weighted by Gasteiger charge is -2.21. The van der Waals surface area contributed by atoms with Gasteiger partial charge in [0, 0.05) is 25.3 Å². The highest BCUT2D eigenvalue weighted by molar-refractivity contribution is 6.03. The van der Waals surface area contributed by atoms with Crippen molar-refractivity contribution in [3.8, 4) is 16.9 Å². The van der Waals surface area contributed by atoms with Gasteiger partial charge in [0.15, 0.2) is 0 Å². The van der Waals surface area contributed by atoms with E-state index in [1.54, 1.807) is 0 Å². The third-order valence-electron chi connectivity index (χ3n) is 4.17. The van der Waals surface area contributed by atoms with Gasteiger partial charge in [-0.3, -0.25) is 0 Å². The molecule has 1 N–H and O–H groups in total. The van der Waals surface area contributed by atoms with Gasteiger partial charge in [0.2, 0.25) is 0 Å². The van der Waals surface area contributed by atoms with Gasteiger partial charge >= 0.3 is 0 Å². The Morgan fingerprint density at radius 1 is 0.864 bits per heavy atom. The van der Waals surface area contributed by atoms with Gasteiger partial charge in [0.25, 0.3) is 0 Å². The lowest BCUT2D eigenvalue weighted by Crippen LogP contribution is -2.10. The van der Waals surface area contributed by atoms with E-state index in [1.165, 1.54) is 22.0 Å². The lowest BCUT2D eigenvalue weighted by atomic mass is 9.93. The third kappa shape index (κ3) is 2.31. The number of hydrogen-bond donors (Lipinski definition) is 1. The van der Waals surface area contributed by atoms with Crippen molar-refractivity contribution in [1.82, 2.24) is 0 Å². The normalized spacial score (nSPS) is 10.9. The Morgan fingerprint density at radius 3 is 2.14 bits per heavy atom. The summed E-state index contributed by atoms with van der Waals surface area (Å²) < 4.78 is 0. The molecule has 0 unspecified atom stereocenters. The molecule has 2 nitrogen and oxygen atoms in total. The van der Waals surface area contributed by atoms with Crippen LogP contribution < -0.4 is 4.90 Å². The molecule has 3 rings (SSSR count). The van der Waals surface area contributed by atoms with Crippen molar-refractivity contribution in [2.45, 2.75) is 13.8 Å². The monoisotopic (exact) mass is 291 g/mol. The van der Waals surface area contributed by atoms with Gasteiger partial charge in [0.05, 0.1) is 0 Å². The minimum atomic E-state index is 0.385. The Labute approximate surface area is 131 Å². The summed E-state index contributed by atoms with van der Waals surface area (Å²) in [6, 6.07) is 16.9. The van der Waals surface area contributed by atoms with E-state index < -0.39 is 0 Å². The molecule has 0 bridgehead atoms. The third-order valence-corrected chi connectivity index (χ3v) is 4.17. The van der Waals surface area contributed by atoms with Crippen LogP contribution in [0.15, 0.2) is 48.5 Å². The van der Waals surface area contributed by atoms with Crippen LogP contribution in [0, 0.1) is 13.8 Å². The number of anilines is 1. The molecule has 0 aliphatic heterocycles. The summed E-state index contributed by atoms with van der Waals surface area (Å²) >= 11 is 0. The minimum Gasteiger partial charge on any atom is -0.507 e. The molecule has 2 heteroatoms. The first-order valence-corrected chi connectivity index (χ1v) is 7.48. The molecule has 0 spiro atoms. The van der Waals surface area contributed by atoms with E-state index in [2.05, 4.69) is 67.5 Å². The highest BCUT2D eigenvalue weighted by Crippen LogP contribution is 2.39. The minimum absolute atomic E-state index is 0.385. The van der Waals surface area contributed by atoms with Gasteiger partial charge in [-0.15, -0.1) is 0 Å². The zero-order valence-corrected chi connectivity index (χ0v) is 13.5. The second-order valence-corrected chi connectivity index (χ2v) is 6.03. The first kappa shape index (κ1) is 14.5. The van der Waals surface area contributed by atoms with Crippen molar-refractivity contribution in [2.24, 2.45) is 0 Å². The van der Waals surface area contributed by atoms with Gasteiger partial charge in [0.1, 0.15) is 5.75 Å². The first-order valence-electron chi connectivity index (χ1n) is 7.48. The molecule has 0 saturated carbocycles. The zero-order chi connectivity index (χ0) is 15.9. The number of hydrogen-bond acceptors (Lipinski definition) is 2. The Bertz CT molecular complexity index is 826. The topological polar surface area (TPSA) is 23.5 Å². The van der Waals surface area contributed by atoms with E-state index in [9.17, 15) is 5.11 Å². The molecule has 0 saturated heterocycles. The molecule has 0 aromatic heterocycles. The van der Waals surface area contributed by atoms with Crippen molar-refractivity contribution >= 4 is 16.5 Å². The molecule has 0 aliphatic rings. The molecular formula is C20H21NO. The molecule has 0 aliphatic carbocycles. The molecule has 0 amide bonds. The Morgan fingerprint density at radius 2 is 1.50 bits per heavy atom. The molecule has 3 aromatic carbocycles. The molecule has 0 heterocycles. The number of nitrogens with zero attached hydrogens (tertiary/aromatic N) is 1. The van der Waals surface area contributed by atoms with Gasteiger partial charge in [-0.05, 0) is 59.5 Å². The molecule has 22 heavy (non-hydrogen) atoms. The predicted octanol–water partition coefficient (Wildman–Crippen LogP) is 4.90. The Balaban J connectivity index is 2.40. The number of aromatic hydroxyl groups is 1. The van der Waals surface area contributed by atoms with E-state index in [-0.39, 0.29) is 0 Å². The van der Waals surface area contributed by atoms with Crippen molar-refractivity contribution in [1.29, 1.82) is 0 Å². The SMILES string of the molecule is Cc1cc(-c2c(N(C)C)ccc3ccccc23)cc(C)c1O. The number of rotatable bonds is 2. The fourth-order valence-electron chi connectivity index (χ4n) is 3.04. The fourth-order valence-corrected chi connectivity index (χ4v) is 3.04. The number of fused-ring (bicyclic) bond motifs is 1. The summed E-state index contributed by atoms with van der Waals surface area (Å²) in [6.45, 7) is 3.90. The van der Waals surface area contributed by atoms with Crippen LogP contribution in [0.4, 0.5) is 5.69 Å². The van der Waals surface area contributed by atoms with Crippen LogP contribution in [0.2, 0.25) is 0 Å². The van der Waals surface area contributed by atoms with E-state index >= 15 is 0 Å². The summed E-state index contributed by atoms with van der Waals surface area (Å²) in [5.41, 5.74) is 5.37. The van der Waals surface area contributed by atoms with Gasteiger partial charge in [-0.25, -0.2) is 0 Å². The summed E-state index contributed by atoms with van der Waals surface area (Å²) in [4.78, 5) is 2.14. The Hall–Kier alpha value is -2.48. The number of aryl methyl sites for hydroxylation is 2. The van der Waals surface area contributed by atoms with E-state index in [0.29, 0.717) is 5.75 Å². The van der Waals surface area contributed by atoms with Crippen LogP contribution in [0.5, 0.6) is 5.75 Å². The van der Waals surface area contributed by atoms with Crippen molar-refractivity contribution in [2.75, 3.05) is 19.0 Å². The van der Waals surface area contributed by atoms with Gasteiger partial charge < -0.3 is 10.0 Å². The smallest absolute Gasteiger partial charge is 0.121 e. The highest BCUT2D eigenvalue weighted by Gasteiger charge is 2.13. The average Bonchev–Trinajstić information content (AvgIpc) is 2.50. The van der Waals surface area contributed by atoms with Crippen LogP contribution >= 0.6 is 0 Å². The summed E-state index contributed by atoms with van der Waals surface area (Å²) in [5.74, 6) is 0.385. The summed E-state index contributed by atoms with van der Waals surface area (Å²) in [6.07, 6.45) is 0. The van der Waals surface area contributed by atoms with Gasteiger partial charge in [-0.2, -0.15) is 0 Å². The maximum atomic E-state index is 10.1. The first-order chi connectivity index (χ1) is 10.5. The fraction of sp³-hybridized carbons (Fsp3) is 0.200. The maximum Gasteiger partial charge on any atom is 0.121 e. The largest absolute Gasteiger partial charge is 0.507 e. The number of phenols is 1. The molecule has 0 radical (unpaired) electrons. The number of benzene rings is 3. The van der Waals surface area contributed by atoms with E-state index in [1.807, 2.05) is 13.8 Å². The quantitative estimate of drug-likeness (QED) is 0.726. The molecule has 0 atom stereocenters. The van der Waals surface area contributed by atoms with Crippen molar-refractivity contribution < 1.29 is 5.11 Å². The van der Waals surface area contributed by atoms with Crippen LogP contribution in [-0.2, 0) is 0 Å². The van der Waals surface area contributed by atoms with Crippen molar-refractivity contribution in [3.63, 3.8) is 0 Å². The predicted molar refractivity (Wildman–Crippen MR) is 94.8 cm³/mol. The highest BCUT2D eigenvalue weighted by atomic mass is 16.3. The van der Waals surface area contributed by atoms with Crippen LogP contribution in [0.3, 0.4) is 0 Å². The van der Waals surface area contributed by atoms with Crippen molar-refractivity contribution in [3.05, 3.63) is 59.7 Å². The van der Waals surface area contributed by atoms with Crippen LogP contribution in [-0.4, -0.2) is 19.2 Å². The molecule has 112 valence electrons. The summed E-state index contributed by atoms with van der Waals surface area (Å²) in [5, 5.41) is 12.5. The molecule has 3 aromatic rings. The van der Waals surface area contributed by atoms with Crippen LogP contribution in [0.1, 0.15) is 11.1 Å². The summed E-state index contributed by atoms with van der Waals surface area (Å²) in [7, 11) is 4.13. The second kappa shape index (κ2) is 5.38. The molecule has 0 fully saturated rings. The maximum absolute atomic E-state index is 10.1. The van der Waals surface area contributed by atoms with E-state index in [4.69, 9.17) is 0 Å². The zero-order valence-electron chi connectivity index (χ0n) is 13.5. The second-order valence-electron chi connectivity index (χ2n) is 6.03. The van der Waals surface area contributed by atoms with E-state index in [0.717, 1.165) is 16.7 Å².